The summed E-state index contributed by atoms with van der Waals surface area (Å²) in [6.07, 6.45) is 4.41. The lowest BCUT2D eigenvalue weighted by Gasteiger charge is -2.26. The summed E-state index contributed by atoms with van der Waals surface area (Å²) in [5.41, 5.74) is 1.12. The molecule has 0 aliphatic heterocycles. The molecule has 2 rings (SSSR count). The Balaban J connectivity index is 1.71. The van der Waals surface area contributed by atoms with Crippen molar-refractivity contribution in [2.24, 2.45) is 0 Å². The molecule has 19 heavy (non-hydrogen) atoms. The van der Waals surface area contributed by atoms with E-state index in [0.29, 0.717) is 11.4 Å². The molecule has 0 bridgehead atoms. The number of aryl methyl sites for hydroxylation is 1. The van der Waals surface area contributed by atoms with Crippen LogP contribution in [0.2, 0.25) is 5.02 Å². The summed E-state index contributed by atoms with van der Waals surface area (Å²) in [5, 5.41) is 13.2. The summed E-state index contributed by atoms with van der Waals surface area (Å²) < 4.78 is 0. The second-order valence-corrected chi connectivity index (χ2v) is 5.64. The van der Waals surface area contributed by atoms with Crippen molar-refractivity contribution < 1.29 is 9.90 Å². The molecule has 0 aromatic heterocycles. The first-order valence-corrected chi connectivity index (χ1v) is 7.23. The second-order valence-electron chi connectivity index (χ2n) is 5.20. The lowest BCUT2D eigenvalue weighted by atomic mass is 9.93. The number of rotatable bonds is 4. The van der Waals surface area contributed by atoms with E-state index >= 15 is 0 Å². The van der Waals surface area contributed by atoms with Crippen LogP contribution < -0.4 is 5.32 Å². The maximum atomic E-state index is 11.8. The maximum absolute atomic E-state index is 11.8. The van der Waals surface area contributed by atoms with E-state index < -0.39 is 0 Å². The third kappa shape index (κ3) is 4.84. The van der Waals surface area contributed by atoms with Crippen LogP contribution in [0.3, 0.4) is 0 Å². The molecule has 3 nitrogen and oxygen atoms in total. The topological polar surface area (TPSA) is 49.3 Å². The summed E-state index contributed by atoms with van der Waals surface area (Å²) in [5.74, 6) is 0.0938. The summed E-state index contributed by atoms with van der Waals surface area (Å²) in [7, 11) is 0. The highest BCUT2D eigenvalue weighted by Crippen LogP contribution is 2.18. The van der Waals surface area contributed by atoms with Crippen molar-refractivity contribution in [2.75, 3.05) is 0 Å². The number of benzene rings is 1. The van der Waals surface area contributed by atoms with E-state index in [9.17, 15) is 9.90 Å². The predicted molar refractivity (Wildman–Crippen MR) is 76.2 cm³/mol. The molecule has 1 saturated carbocycles. The van der Waals surface area contributed by atoms with Gasteiger partial charge in [0.05, 0.1) is 6.10 Å². The fourth-order valence-corrected chi connectivity index (χ4v) is 2.55. The van der Waals surface area contributed by atoms with Crippen LogP contribution >= 0.6 is 11.6 Å². The number of amides is 1. The zero-order valence-electron chi connectivity index (χ0n) is 10.9. The minimum Gasteiger partial charge on any atom is -0.393 e. The van der Waals surface area contributed by atoms with Crippen LogP contribution in [0, 0.1) is 0 Å². The zero-order chi connectivity index (χ0) is 13.7. The molecule has 1 aliphatic rings. The molecule has 0 atom stereocenters. The van der Waals surface area contributed by atoms with Gasteiger partial charge in [0.1, 0.15) is 0 Å². The van der Waals surface area contributed by atoms with Crippen LogP contribution in [0.5, 0.6) is 0 Å². The van der Waals surface area contributed by atoms with Crippen LogP contribution in [-0.4, -0.2) is 23.2 Å². The van der Waals surface area contributed by atoms with Crippen molar-refractivity contribution in [3.63, 3.8) is 0 Å². The van der Waals surface area contributed by atoms with E-state index in [4.69, 9.17) is 11.6 Å². The summed E-state index contributed by atoms with van der Waals surface area (Å²) >= 11 is 5.82. The Labute approximate surface area is 119 Å². The molecule has 1 aromatic carbocycles. The maximum Gasteiger partial charge on any atom is 0.220 e. The molecule has 4 heteroatoms. The minimum atomic E-state index is -0.179. The van der Waals surface area contributed by atoms with Crippen molar-refractivity contribution in [2.45, 2.75) is 50.7 Å². The normalized spacial score (nSPS) is 23.1. The Morgan fingerprint density at radius 1 is 1.21 bits per heavy atom. The Morgan fingerprint density at radius 2 is 1.84 bits per heavy atom. The highest BCUT2D eigenvalue weighted by molar-refractivity contribution is 6.30. The predicted octanol–water partition coefficient (Wildman–Crippen LogP) is 2.69. The zero-order valence-corrected chi connectivity index (χ0v) is 11.7. The lowest BCUT2D eigenvalue weighted by Crippen LogP contribution is -2.38. The molecular formula is C15H20ClNO2. The highest BCUT2D eigenvalue weighted by Gasteiger charge is 2.20. The quantitative estimate of drug-likeness (QED) is 0.891. The average molecular weight is 282 g/mol. The second kappa shape index (κ2) is 6.92. The SMILES string of the molecule is O=C(CCc1ccc(Cl)cc1)N[C@H]1CC[C@H](O)CC1. The van der Waals surface area contributed by atoms with Gasteiger partial charge in [-0.25, -0.2) is 0 Å². The minimum absolute atomic E-state index is 0.0938. The van der Waals surface area contributed by atoms with Crippen LogP contribution in [0.15, 0.2) is 24.3 Å². The number of hydrogen-bond acceptors (Lipinski definition) is 2. The van der Waals surface area contributed by atoms with Gasteiger partial charge in [-0.2, -0.15) is 0 Å². The lowest BCUT2D eigenvalue weighted by molar-refractivity contribution is -0.122. The molecular weight excluding hydrogens is 262 g/mol. The summed E-state index contributed by atoms with van der Waals surface area (Å²) in [4.78, 5) is 11.8. The van der Waals surface area contributed by atoms with Gasteiger partial charge in [0, 0.05) is 17.5 Å². The smallest absolute Gasteiger partial charge is 0.220 e. The molecule has 1 aliphatic carbocycles. The first-order chi connectivity index (χ1) is 9.13. The Bertz CT molecular complexity index is 411. The van der Waals surface area contributed by atoms with Gasteiger partial charge in [-0.15, -0.1) is 0 Å². The third-order valence-electron chi connectivity index (χ3n) is 3.62. The van der Waals surface area contributed by atoms with Gasteiger partial charge in [0.2, 0.25) is 5.91 Å². The number of halogens is 1. The van der Waals surface area contributed by atoms with E-state index in [0.717, 1.165) is 37.7 Å². The molecule has 0 spiro atoms. The van der Waals surface area contributed by atoms with Crippen LogP contribution in [-0.2, 0) is 11.2 Å². The Kier molecular flexibility index (Phi) is 5.23. The molecule has 0 radical (unpaired) electrons. The number of aliphatic hydroxyl groups excluding tert-OH is 1. The van der Waals surface area contributed by atoms with E-state index in [-0.39, 0.29) is 18.1 Å². The van der Waals surface area contributed by atoms with Crippen LogP contribution in [0.4, 0.5) is 0 Å². The van der Waals surface area contributed by atoms with Crippen molar-refractivity contribution in [3.05, 3.63) is 34.9 Å². The van der Waals surface area contributed by atoms with Crippen molar-refractivity contribution >= 4 is 17.5 Å². The first-order valence-electron chi connectivity index (χ1n) is 6.85. The fourth-order valence-electron chi connectivity index (χ4n) is 2.43. The molecule has 2 N–H and O–H groups in total. The van der Waals surface area contributed by atoms with Gasteiger partial charge >= 0.3 is 0 Å². The van der Waals surface area contributed by atoms with E-state index in [1.54, 1.807) is 0 Å². The molecule has 0 saturated heterocycles. The summed E-state index contributed by atoms with van der Waals surface area (Å²) in [6, 6.07) is 7.83. The molecule has 1 fully saturated rings. The standard InChI is InChI=1S/C15H20ClNO2/c16-12-4-1-11(2-5-12)3-10-15(19)17-13-6-8-14(18)9-7-13/h1-2,4-5,13-14,18H,3,6-10H2,(H,17,19)/t13-,14-. The van der Waals surface area contributed by atoms with Gasteiger partial charge in [-0.05, 0) is 49.8 Å². The monoisotopic (exact) mass is 281 g/mol. The summed E-state index contributed by atoms with van der Waals surface area (Å²) in [6.45, 7) is 0. The first kappa shape index (κ1) is 14.4. The molecule has 1 amide bonds. The van der Waals surface area contributed by atoms with Gasteiger partial charge < -0.3 is 10.4 Å². The highest BCUT2D eigenvalue weighted by atomic mass is 35.5. The van der Waals surface area contributed by atoms with E-state index in [2.05, 4.69) is 5.32 Å². The van der Waals surface area contributed by atoms with Crippen molar-refractivity contribution in [3.8, 4) is 0 Å². The van der Waals surface area contributed by atoms with E-state index in [1.165, 1.54) is 0 Å². The van der Waals surface area contributed by atoms with E-state index in [1.807, 2.05) is 24.3 Å². The molecule has 0 heterocycles. The Hall–Kier alpha value is -1.06. The molecule has 104 valence electrons. The van der Waals surface area contributed by atoms with Gasteiger partial charge in [-0.1, -0.05) is 23.7 Å². The van der Waals surface area contributed by atoms with Crippen LogP contribution in [0.25, 0.3) is 0 Å². The average Bonchev–Trinajstić information content (AvgIpc) is 2.41. The molecule has 1 aromatic rings. The van der Waals surface area contributed by atoms with Crippen molar-refractivity contribution in [1.29, 1.82) is 0 Å². The van der Waals surface area contributed by atoms with Gasteiger partial charge in [0.25, 0.3) is 0 Å². The largest absolute Gasteiger partial charge is 0.393 e. The Morgan fingerprint density at radius 3 is 2.47 bits per heavy atom. The number of nitrogens with one attached hydrogen (secondary N) is 1. The van der Waals surface area contributed by atoms with Crippen molar-refractivity contribution in [1.82, 2.24) is 5.32 Å². The molecule has 0 unspecified atom stereocenters. The number of aliphatic hydroxyl groups is 1. The van der Waals surface area contributed by atoms with Gasteiger partial charge in [-0.3, -0.25) is 4.79 Å². The number of carbonyl (C=O) groups is 1. The van der Waals surface area contributed by atoms with Crippen LogP contribution in [0.1, 0.15) is 37.7 Å². The number of hydrogen-bond donors (Lipinski definition) is 2. The fraction of sp³-hybridized carbons (Fsp3) is 0.533. The number of carbonyl (C=O) groups excluding carboxylic acids is 1. The van der Waals surface area contributed by atoms with Gasteiger partial charge in [0.15, 0.2) is 0 Å². The third-order valence-corrected chi connectivity index (χ3v) is 3.87.